The van der Waals surface area contributed by atoms with E-state index in [0.29, 0.717) is 12.1 Å². The molecule has 0 spiro atoms. The minimum Gasteiger partial charge on any atom is -0.355 e. The molecule has 0 aliphatic rings. The van der Waals surface area contributed by atoms with Gasteiger partial charge in [0.25, 0.3) is 5.91 Å². The highest BCUT2D eigenvalue weighted by Crippen LogP contribution is 2.29. The zero-order chi connectivity index (χ0) is 25.2. The number of fused-ring (bicyclic) bond motifs is 1. The van der Waals surface area contributed by atoms with Crippen LogP contribution >= 0.6 is 0 Å². The van der Waals surface area contributed by atoms with Crippen molar-refractivity contribution in [1.82, 2.24) is 24.7 Å². The van der Waals surface area contributed by atoms with Crippen LogP contribution in [0.15, 0.2) is 61.3 Å². The number of alkyl halides is 3. The summed E-state index contributed by atoms with van der Waals surface area (Å²) in [6.45, 7) is 4.35. The van der Waals surface area contributed by atoms with Crippen molar-refractivity contribution in [3.8, 4) is 0 Å². The van der Waals surface area contributed by atoms with Crippen LogP contribution in [0.1, 0.15) is 41.0 Å². The van der Waals surface area contributed by atoms with Crippen LogP contribution in [0.25, 0.3) is 5.65 Å². The molecule has 3 heterocycles. The molecular formula is C24H23F3N6O2. The molecule has 8 nitrogen and oxygen atoms in total. The van der Waals surface area contributed by atoms with Crippen molar-refractivity contribution >= 4 is 23.3 Å². The van der Waals surface area contributed by atoms with E-state index in [2.05, 4.69) is 25.6 Å². The van der Waals surface area contributed by atoms with Gasteiger partial charge in [0.1, 0.15) is 5.65 Å². The number of pyridine rings is 1. The summed E-state index contributed by atoms with van der Waals surface area (Å²) in [5.41, 5.74) is 1.08. The molecule has 3 aromatic heterocycles. The van der Waals surface area contributed by atoms with Crippen LogP contribution in [0.2, 0.25) is 0 Å². The number of hydrogen-bond acceptors (Lipinski definition) is 4. The Labute approximate surface area is 198 Å². The summed E-state index contributed by atoms with van der Waals surface area (Å²) >= 11 is 0. The summed E-state index contributed by atoms with van der Waals surface area (Å²) in [5, 5.41) is 5.52. The van der Waals surface area contributed by atoms with Crippen LogP contribution in [0.4, 0.5) is 19.0 Å². The molecule has 0 aliphatic carbocycles. The first-order valence-corrected chi connectivity index (χ1v) is 10.7. The third-order valence-corrected chi connectivity index (χ3v) is 5.58. The van der Waals surface area contributed by atoms with E-state index in [9.17, 15) is 22.8 Å². The largest absolute Gasteiger partial charge is 0.417 e. The normalized spacial score (nSPS) is 12.0. The predicted octanol–water partition coefficient (Wildman–Crippen LogP) is 3.97. The lowest BCUT2D eigenvalue weighted by atomic mass is 9.84. The molecule has 2 amide bonds. The zero-order valence-corrected chi connectivity index (χ0v) is 19.0. The number of aromatic amines is 1. The highest BCUT2D eigenvalue weighted by molar-refractivity contribution is 6.03. The molecule has 3 N–H and O–H groups in total. The lowest BCUT2D eigenvalue weighted by molar-refractivity contribution is -0.137. The molecule has 0 bridgehead atoms. The van der Waals surface area contributed by atoms with Gasteiger partial charge < -0.3 is 20.0 Å². The number of H-pyrrole nitrogens is 1. The third kappa shape index (κ3) is 5.68. The van der Waals surface area contributed by atoms with Gasteiger partial charge in [0.2, 0.25) is 5.91 Å². The molecule has 0 saturated heterocycles. The van der Waals surface area contributed by atoms with Gasteiger partial charge in [0.15, 0.2) is 5.82 Å². The van der Waals surface area contributed by atoms with E-state index in [4.69, 9.17) is 0 Å². The minimum absolute atomic E-state index is 0.131. The highest BCUT2D eigenvalue weighted by Gasteiger charge is 2.31. The Balaban J connectivity index is 1.38. The number of carbonyl (C=O) groups is 2. The summed E-state index contributed by atoms with van der Waals surface area (Å²) < 4.78 is 39.9. The van der Waals surface area contributed by atoms with Gasteiger partial charge in [0.05, 0.1) is 24.5 Å². The van der Waals surface area contributed by atoms with Gasteiger partial charge in [-0.15, -0.1) is 0 Å². The second-order valence-electron chi connectivity index (χ2n) is 8.75. The molecule has 0 fully saturated rings. The number of benzene rings is 1. The van der Waals surface area contributed by atoms with E-state index in [1.807, 2.05) is 13.8 Å². The Morgan fingerprint density at radius 1 is 1.03 bits per heavy atom. The first-order chi connectivity index (χ1) is 16.5. The molecule has 35 heavy (non-hydrogen) atoms. The van der Waals surface area contributed by atoms with Crippen LogP contribution in [0.3, 0.4) is 0 Å². The lowest BCUT2D eigenvalue weighted by Gasteiger charge is -2.26. The van der Waals surface area contributed by atoms with Gasteiger partial charge in [-0.2, -0.15) is 13.2 Å². The number of halogens is 3. The number of anilines is 1. The zero-order valence-electron chi connectivity index (χ0n) is 19.0. The van der Waals surface area contributed by atoms with E-state index < -0.39 is 23.1 Å². The van der Waals surface area contributed by atoms with Crippen LogP contribution in [0.5, 0.6) is 0 Å². The molecule has 0 unspecified atom stereocenters. The Kier molecular flexibility index (Phi) is 6.33. The van der Waals surface area contributed by atoms with Crippen molar-refractivity contribution < 1.29 is 22.8 Å². The molecule has 0 radical (unpaired) electrons. The predicted molar refractivity (Wildman–Crippen MR) is 123 cm³/mol. The minimum atomic E-state index is -4.47. The van der Waals surface area contributed by atoms with Crippen LogP contribution in [0, 0.1) is 0 Å². The molecule has 0 aliphatic heterocycles. The SMILES string of the molecule is CC(C)(CNC(=O)Cc1cnc[nH]1)c1ccc(C(=O)Nc2cn3cc(C(F)(F)F)ccc3n2)cc1. The summed E-state index contributed by atoms with van der Waals surface area (Å²) in [6.07, 6.45) is 1.09. The number of aromatic nitrogens is 4. The average molecular weight is 484 g/mol. The van der Waals surface area contributed by atoms with Crippen LogP contribution in [-0.2, 0) is 22.8 Å². The van der Waals surface area contributed by atoms with Crippen molar-refractivity contribution in [1.29, 1.82) is 0 Å². The van der Waals surface area contributed by atoms with Crippen molar-refractivity contribution in [2.24, 2.45) is 0 Å². The van der Waals surface area contributed by atoms with Crippen molar-refractivity contribution in [3.05, 3.63) is 83.7 Å². The Morgan fingerprint density at radius 2 is 1.74 bits per heavy atom. The fraction of sp³-hybridized carbons (Fsp3) is 0.250. The number of nitrogens with zero attached hydrogens (tertiary/aromatic N) is 3. The Hall–Kier alpha value is -4.15. The Morgan fingerprint density at radius 3 is 2.40 bits per heavy atom. The average Bonchev–Trinajstić information content (AvgIpc) is 3.46. The first kappa shape index (κ1) is 24.0. The maximum atomic E-state index is 12.9. The number of imidazole rings is 2. The second kappa shape index (κ2) is 9.24. The molecule has 11 heteroatoms. The maximum Gasteiger partial charge on any atom is 0.417 e. The molecule has 0 saturated carbocycles. The lowest BCUT2D eigenvalue weighted by Crippen LogP contribution is -2.37. The van der Waals surface area contributed by atoms with Gasteiger partial charge in [0, 0.05) is 35.6 Å². The highest BCUT2D eigenvalue weighted by atomic mass is 19.4. The summed E-state index contributed by atoms with van der Waals surface area (Å²) in [4.78, 5) is 35.7. The number of amides is 2. The maximum absolute atomic E-state index is 12.9. The standard InChI is InChI=1S/C24H23F3N6O2/c1-23(2,13-29-21(34)9-18-10-28-14-30-18)16-5-3-15(4-6-16)22(35)32-19-12-33-11-17(24(25,26)27)7-8-20(33)31-19/h3-8,10-12,14H,9,13H2,1-2H3,(H,28,30)(H,29,34)(H,32,35). The van der Waals surface area contributed by atoms with Crippen LogP contribution in [-0.4, -0.2) is 37.7 Å². The number of hydrogen-bond donors (Lipinski definition) is 3. The van der Waals surface area contributed by atoms with Gasteiger partial charge in [-0.05, 0) is 29.8 Å². The van der Waals surface area contributed by atoms with Gasteiger partial charge in [-0.3, -0.25) is 9.59 Å². The fourth-order valence-corrected chi connectivity index (χ4v) is 3.52. The van der Waals surface area contributed by atoms with E-state index in [-0.39, 0.29) is 23.8 Å². The molecule has 4 rings (SSSR count). The number of carbonyl (C=O) groups excluding carboxylic acids is 2. The van der Waals surface area contributed by atoms with E-state index in [1.165, 1.54) is 23.0 Å². The fourth-order valence-electron chi connectivity index (χ4n) is 3.52. The third-order valence-electron chi connectivity index (χ3n) is 5.58. The second-order valence-corrected chi connectivity index (χ2v) is 8.75. The summed E-state index contributed by atoms with van der Waals surface area (Å²) in [6, 6.07) is 9.08. The van der Waals surface area contributed by atoms with Crippen molar-refractivity contribution in [2.75, 3.05) is 11.9 Å². The quantitative estimate of drug-likeness (QED) is 0.369. The molecule has 182 valence electrons. The smallest absolute Gasteiger partial charge is 0.355 e. The monoisotopic (exact) mass is 484 g/mol. The van der Waals surface area contributed by atoms with Crippen LogP contribution < -0.4 is 10.6 Å². The summed E-state index contributed by atoms with van der Waals surface area (Å²) in [7, 11) is 0. The van der Waals surface area contributed by atoms with Gasteiger partial charge in [-0.25, -0.2) is 9.97 Å². The molecule has 4 aromatic rings. The van der Waals surface area contributed by atoms with E-state index in [1.54, 1.807) is 30.5 Å². The molecular weight excluding hydrogens is 461 g/mol. The van der Waals surface area contributed by atoms with Gasteiger partial charge >= 0.3 is 6.18 Å². The first-order valence-electron chi connectivity index (χ1n) is 10.7. The van der Waals surface area contributed by atoms with Crippen molar-refractivity contribution in [3.63, 3.8) is 0 Å². The number of nitrogens with one attached hydrogen (secondary N) is 3. The van der Waals surface area contributed by atoms with Gasteiger partial charge in [-0.1, -0.05) is 26.0 Å². The molecule has 1 aromatic carbocycles. The number of rotatable bonds is 7. The van der Waals surface area contributed by atoms with E-state index >= 15 is 0 Å². The van der Waals surface area contributed by atoms with E-state index in [0.717, 1.165) is 23.5 Å². The Bertz CT molecular complexity index is 1340. The topological polar surface area (TPSA) is 104 Å². The molecule has 0 atom stereocenters. The summed E-state index contributed by atoms with van der Waals surface area (Å²) in [5.74, 6) is -0.437. The van der Waals surface area contributed by atoms with Crippen molar-refractivity contribution in [2.45, 2.75) is 31.9 Å².